The summed E-state index contributed by atoms with van der Waals surface area (Å²) in [6.45, 7) is 4.87. The number of alkyl halides is 1. The molecule has 0 bridgehead atoms. The van der Waals surface area contributed by atoms with Gasteiger partial charge in [0, 0.05) is 18.6 Å². The molecule has 1 N–H and O–H groups in total. The monoisotopic (exact) mass is 427 g/mol. The van der Waals surface area contributed by atoms with Gasteiger partial charge in [0.2, 0.25) is 10.0 Å². The highest BCUT2D eigenvalue weighted by Crippen LogP contribution is 2.30. The molecule has 1 aliphatic rings. The molecule has 8 nitrogen and oxygen atoms in total. The fourth-order valence-corrected chi connectivity index (χ4v) is 5.21. The van der Waals surface area contributed by atoms with E-state index in [4.69, 9.17) is 0 Å². The second-order valence-corrected chi connectivity index (χ2v) is 9.28. The first kappa shape index (κ1) is 21.3. The van der Waals surface area contributed by atoms with Crippen molar-refractivity contribution in [1.29, 1.82) is 0 Å². The van der Waals surface area contributed by atoms with Gasteiger partial charge in [0.25, 0.3) is 5.91 Å². The van der Waals surface area contributed by atoms with Crippen LogP contribution in [-0.2, 0) is 16.6 Å². The zero-order chi connectivity index (χ0) is 21.3. The fourth-order valence-electron chi connectivity index (χ4n) is 3.31. The summed E-state index contributed by atoms with van der Waals surface area (Å²) in [7, 11) is -4.11. The molecule has 1 fully saturated rings. The van der Waals surface area contributed by atoms with Crippen LogP contribution in [0, 0.1) is 12.7 Å². The highest BCUT2D eigenvalue weighted by molar-refractivity contribution is 7.89. The van der Waals surface area contributed by atoms with Crippen LogP contribution in [0.1, 0.15) is 36.3 Å². The molecule has 2 atom stereocenters. The molecule has 29 heavy (non-hydrogen) atoms. The van der Waals surface area contributed by atoms with Gasteiger partial charge in [0.05, 0.1) is 17.6 Å². The highest BCUT2D eigenvalue weighted by Gasteiger charge is 2.41. The molecule has 11 heteroatoms. The van der Waals surface area contributed by atoms with Gasteiger partial charge in [-0.1, -0.05) is 11.3 Å². The molecule has 0 saturated carbocycles. The molecule has 1 aromatic carbocycles. The van der Waals surface area contributed by atoms with E-state index >= 15 is 0 Å². The van der Waals surface area contributed by atoms with Crippen molar-refractivity contribution in [3.8, 4) is 0 Å². The predicted octanol–water partition coefficient (Wildman–Crippen LogP) is 1.67. The van der Waals surface area contributed by atoms with Crippen molar-refractivity contribution in [1.82, 2.24) is 24.6 Å². The van der Waals surface area contributed by atoms with E-state index in [1.807, 2.05) is 0 Å². The smallest absolute Gasteiger partial charge is 0.273 e. The van der Waals surface area contributed by atoms with Crippen molar-refractivity contribution in [3.63, 3.8) is 0 Å². The van der Waals surface area contributed by atoms with E-state index in [1.54, 1.807) is 20.8 Å². The number of aromatic nitrogens is 3. The lowest BCUT2D eigenvalue weighted by Crippen LogP contribution is -2.38. The lowest BCUT2D eigenvalue weighted by Gasteiger charge is -2.24. The summed E-state index contributed by atoms with van der Waals surface area (Å²) in [6, 6.07) is 2.67. The number of hydrogen-bond donors (Lipinski definition) is 1. The minimum atomic E-state index is -4.11. The van der Waals surface area contributed by atoms with Gasteiger partial charge >= 0.3 is 0 Å². The molecule has 0 spiro atoms. The Kier molecular flexibility index (Phi) is 5.99. The lowest BCUT2D eigenvalue weighted by atomic mass is 10.2. The predicted molar refractivity (Wildman–Crippen MR) is 101 cm³/mol. The molecule has 2 unspecified atom stereocenters. The van der Waals surface area contributed by atoms with E-state index < -0.39 is 34.0 Å². The standard InChI is InChI=1S/C18H23F2N5O3S/c1-11(2)21-18(26)16-10-24(23-22-16)9-15-6-14(20)8-25(15)29(27,28)17-7-13(19)5-4-12(17)3/h4-5,7,10-11,14-15H,6,8-9H2,1-3H3,(H,21,26). The largest absolute Gasteiger partial charge is 0.348 e. The van der Waals surface area contributed by atoms with E-state index in [9.17, 15) is 22.0 Å². The van der Waals surface area contributed by atoms with Gasteiger partial charge in [-0.3, -0.25) is 9.48 Å². The minimum Gasteiger partial charge on any atom is -0.348 e. The van der Waals surface area contributed by atoms with Crippen LogP contribution in [-0.4, -0.2) is 58.4 Å². The number of benzene rings is 1. The summed E-state index contributed by atoms with van der Waals surface area (Å²) in [4.78, 5) is 11.8. The first-order valence-corrected chi connectivity index (χ1v) is 10.6. The van der Waals surface area contributed by atoms with Crippen molar-refractivity contribution in [3.05, 3.63) is 41.5 Å². The Morgan fingerprint density at radius 1 is 1.38 bits per heavy atom. The zero-order valence-corrected chi connectivity index (χ0v) is 17.2. The van der Waals surface area contributed by atoms with Crippen molar-refractivity contribution in [2.24, 2.45) is 0 Å². The van der Waals surface area contributed by atoms with Crippen LogP contribution in [0.15, 0.2) is 29.3 Å². The number of nitrogens with zero attached hydrogens (tertiary/aromatic N) is 4. The lowest BCUT2D eigenvalue weighted by molar-refractivity contribution is 0.0938. The summed E-state index contributed by atoms with van der Waals surface area (Å²) in [5.41, 5.74) is 0.463. The van der Waals surface area contributed by atoms with Gasteiger partial charge < -0.3 is 5.32 Å². The molecule has 1 aromatic heterocycles. The van der Waals surface area contributed by atoms with Gasteiger partial charge in [-0.05, 0) is 44.9 Å². The van der Waals surface area contributed by atoms with Gasteiger partial charge in [-0.25, -0.2) is 17.2 Å². The number of nitrogens with one attached hydrogen (secondary N) is 1. The third-order valence-corrected chi connectivity index (χ3v) is 6.70. The number of carbonyl (C=O) groups excluding carboxylic acids is 1. The molecule has 1 aliphatic heterocycles. The van der Waals surface area contributed by atoms with E-state index in [2.05, 4.69) is 15.6 Å². The maximum absolute atomic E-state index is 14.1. The van der Waals surface area contributed by atoms with Crippen LogP contribution in [0.3, 0.4) is 0 Å². The molecular formula is C18H23F2N5O3S. The molecule has 158 valence electrons. The van der Waals surface area contributed by atoms with Gasteiger partial charge in [0.15, 0.2) is 5.69 Å². The number of rotatable bonds is 6. The second kappa shape index (κ2) is 8.15. The molecule has 2 aromatic rings. The third-order valence-electron chi connectivity index (χ3n) is 4.64. The summed E-state index contributed by atoms with van der Waals surface area (Å²) >= 11 is 0. The summed E-state index contributed by atoms with van der Waals surface area (Å²) < 4.78 is 56.3. The molecule has 1 amide bonds. The molecular weight excluding hydrogens is 404 g/mol. The maximum atomic E-state index is 14.1. The van der Waals surface area contributed by atoms with Crippen LogP contribution >= 0.6 is 0 Å². The number of carbonyl (C=O) groups is 1. The second-order valence-electron chi connectivity index (χ2n) is 7.43. The zero-order valence-electron chi connectivity index (χ0n) is 16.3. The first-order chi connectivity index (χ1) is 13.6. The molecule has 3 rings (SSSR count). The van der Waals surface area contributed by atoms with Crippen LogP contribution in [0.2, 0.25) is 0 Å². The molecule has 1 saturated heterocycles. The average molecular weight is 427 g/mol. The first-order valence-electron chi connectivity index (χ1n) is 9.21. The van der Waals surface area contributed by atoms with E-state index in [0.29, 0.717) is 5.56 Å². The number of sulfonamides is 1. The van der Waals surface area contributed by atoms with Crippen molar-refractivity contribution >= 4 is 15.9 Å². The van der Waals surface area contributed by atoms with Crippen LogP contribution in [0.4, 0.5) is 8.78 Å². The quantitative estimate of drug-likeness (QED) is 0.756. The van der Waals surface area contributed by atoms with Gasteiger partial charge in [-0.2, -0.15) is 4.31 Å². The van der Waals surface area contributed by atoms with Crippen molar-refractivity contribution in [2.75, 3.05) is 6.54 Å². The third kappa shape index (κ3) is 4.61. The Bertz CT molecular complexity index is 1010. The molecule has 0 radical (unpaired) electrons. The topological polar surface area (TPSA) is 97.2 Å². The Labute approximate surface area is 167 Å². The Hall–Kier alpha value is -2.40. The minimum absolute atomic E-state index is 0.0238. The van der Waals surface area contributed by atoms with E-state index in [0.717, 1.165) is 10.4 Å². The van der Waals surface area contributed by atoms with Crippen molar-refractivity contribution < 1.29 is 22.0 Å². The molecule has 2 heterocycles. The highest BCUT2D eigenvalue weighted by atomic mass is 32.2. The SMILES string of the molecule is Cc1ccc(F)cc1S(=O)(=O)N1CC(F)CC1Cn1cc(C(=O)NC(C)C)nn1. The normalized spacial score (nSPS) is 20.3. The number of amides is 1. The summed E-state index contributed by atoms with van der Waals surface area (Å²) in [5, 5.41) is 10.3. The Morgan fingerprint density at radius 3 is 2.79 bits per heavy atom. The number of aryl methyl sites for hydroxylation is 1. The van der Waals surface area contributed by atoms with Crippen LogP contribution < -0.4 is 5.32 Å². The fraction of sp³-hybridized carbons (Fsp3) is 0.500. The molecule has 0 aliphatic carbocycles. The average Bonchev–Trinajstić information content (AvgIpc) is 3.23. The summed E-state index contributed by atoms with van der Waals surface area (Å²) in [6.07, 6.45) is 0.0125. The Balaban J connectivity index is 1.83. The van der Waals surface area contributed by atoms with Crippen molar-refractivity contribution in [2.45, 2.75) is 56.9 Å². The maximum Gasteiger partial charge on any atom is 0.273 e. The van der Waals surface area contributed by atoms with E-state index in [-0.39, 0.29) is 36.1 Å². The number of hydrogen-bond acceptors (Lipinski definition) is 5. The summed E-state index contributed by atoms with van der Waals surface area (Å²) in [5.74, 6) is -1.08. The van der Waals surface area contributed by atoms with Crippen LogP contribution in [0.25, 0.3) is 0 Å². The van der Waals surface area contributed by atoms with Gasteiger partial charge in [0.1, 0.15) is 12.0 Å². The van der Waals surface area contributed by atoms with Gasteiger partial charge in [-0.15, -0.1) is 5.10 Å². The van der Waals surface area contributed by atoms with Crippen LogP contribution in [0.5, 0.6) is 0 Å². The van der Waals surface area contributed by atoms with E-state index in [1.165, 1.54) is 23.0 Å². The Morgan fingerprint density at radius 2 is 2.10 bits per heavy atom. The number of halogens is 2.